The largest absolute Gasteiger partial charge is 0.491 e. The smallest absolute Gasteiger partial charge is 0.329 e. The van der Waals surface area contributed by atoms with Crippen molar-refractivity contribution >= 4 is 46.7 Å². The van der Waals surface area contributed by atoms with Gasteiger partial charge in [0.1, 0.15) is 24.5 Å². The first kappa shape index (κ1) is 24.5. The van der Waals surface area contributed by atoms with E-state index in [9.17, 15) is 24.3 Å². The molecule has 2 atom stereocenters. The molecule has 35 heavy (non-hydrogen) atoms. The van der Waals surface area contributed by atoms with Crippen LogP contribution < -0.4 is 25.6 Å². The van der Waals surface area contributed by atoms with Crippen LogP contribution in [0.15, 0.2) is 42.5 Å². The van der Waals surface area contributed by atoms with E-state index in [2.05, 4.69) is 16.0 Å². The van der Waals surface area contributed by atoms with E-state index < -0.39 is 24.1 Å². The summed E-state index contributed by atoms with van der Waals surface area (Å²) in [5, 5.41) is 18.6. The molecule has 0 bridgehead atoms. The number of fused-ring (bicyclic) bond motifs is 1. The van der Waals surface area contributed by atoms with Crippen LogP contribution in [0.25, 0.3) is 0 Å². The van der Waals surface area contributed by atoms with Crippen LogP contribution in [-0.2, 0) is 20.8 Å². The second-order valence-corrected chi connectivity index (χ2v) is 8.76. The minimum atomic E-state index is -0.942. The van der Waals surface area contributed by atoms with Crippen molar-refractivity contribution in [2.24, 2.45) is 0 Å². The Morgan fingerprint density at radius 2 is 1.94 bits per heavy atom. The summed E-state index contributed by atoms with van der Waals surface area (Å²) in [5.41, 5.74) is 2.12. The second-order valence-electron chi connectivity index (χ2n) is 8.33. The molecule has 0 aromatic heterocycles. The number of imide groups is 1. The molecule has 184 valence electrons. The fourth-order valence-electron chi connectivity index (χ4n) is 3.86. The topological polar surface area (TPSA) is 137 Å². The monoisotopic (exact) mass is 500 g/mol. The summed E-state index contributed by atoms with van der Waals surface area (Å²) in [6.07, 6.45) is 0.218. The number of amides is 5. The highest BCUT2D eigenvalue weighted by Gasteiger charge is 2.38. The average molecular weight is 501 g/mol. The van der Waals surface area contributed by atoms with E-state index in [4.69, 9.17) is 16.3 Å². The van der Waals surface area contributed by atoms with Gasteiger partial charge in [0.15, 0.2) is 0 Å². The maximum Gasteiger partial charge on any atom is 0.329 e. The van der Waals surface area contributed by atoms with Crippen molar-refractivity contribution in [3.8, 4) is 5.75 Å². The van der Waals surface area contributed by atoms with Crippen molar-refractivity contribution in [1.82, 2.24) is 10.6 Å². The molecule has 11 heteroatoms. The van der Waals surface area contributed by atoms with Gasteiger partial charge in [-0.15, -0.1) is 0 Å². The summed E-state index contributed by atoms with van der Waals surface area (Å²) < 4.78 is 5.60. The van der Waals surface area contributed by atoms with Crippen LogP contribution in [0.4, 0.5) is 16.2 Å². The van der Waals surface area contributed by atoms with E-state index in [0.29, 0.717) is 29.3 Å². The molecule has 0 spiro atoms. The maximum absolute atomic E-state index is 12.6. The number of ether oxygens (including phenoxy) is 1. The van der Waals surface area contributed by atoms with Gasteiger partial charge in [-0.2, -0.15) is 0 Å². The summed E-state index contributed by atoms with van der Waals surface area (Å²) in [5.74, 6) is -0.259. The Morgan fingerprint density at radius 3 is 2.71 bits per heavy atom. The summed E-state index contributed by atoms with van der Waals surface area (Å²) in [7, 11) is 0. The highest BCUT2D eigenvalue weighted by atomic mass is 35.5. The molecular weight excluding hydrogens is 476 g/mol. The third-order valence-electron chi connectivity index (χ3n) is 5.71. The molecule has 2 aromatic carbocycles. The Morgan fingerprint density at radius 1 is 1.17 bits per heavy atom. The highest BCUT2D eigenvalue weighted by Crippen LogP contribution is 2.27. The van der Waals surface area contributed by atoms with Gasteiger partial charge < -0.3 is 25.8 Å². The van der Waals surface area contributed by atoms with Gasteiger partial charge >= 0.3 is 6.03 Å². The number of hydrogen-bond donors (Lipinski definition) is 4. The van der Waals surface area contributed by atoms with E-state index in [1.165, 1.54) is 0 Å². The molecule has 2 heterocycles. The Labute approximate surface area is 206 Å². The molecule has 1 saturated heterocycles. The van der Waals surface area contributed by atoms with E-state index >= 15 is 0 Å². The SMILES string of the molecule is O=C(CCC1NC(=O)N(c2ccc(Cl)cc2)C1=O)NCC(O)COc1ccc2c(c1)CCC(=O)N2. The van der Waals surface area contributed by atoms with Crippen molar-refractivity contribution in [3.05, 3.63) is 53.1 Å². The number of rotatable bonds is 9. The Hall–Kier alpha value is -3.63. The molecule has 0 aliphatic carbocycles. The molecule has 2 aliphatic rings. The number of aliphatic hydroxyl groups is 1. The number of urea groups is 1. The molecule has 1 fully saturated rings. The Bertz CT molecular complexity index is 1140. The van der Waals surface area contributed by atoms with E-state index in [1.807, 2.05) is 6.07 Å². The molecule has 10 nitrogen and oxygen atoms in total. The molecule has 4 rings (SSSR count). The fraction of sp³-hybridized carbons (Fsp3) is 0.333. The predicted molar refractivity (Wildman–Crippen MR) is 128 cm³/mol. The molecule has 2 aliphatic heterocycles. The predicted octanol–water partition coefficient (Wildman–Crippen LogP) is 1.99. The lowest BCUT2D eigenvalue weighted by Crippen LogP contribution is -2.37. The number of nitrogens with zero attached hydrogens (tertiary/aromatic N) is 1. The summed E-state index contributed by atoms with van der Waals surface area (Å²) in [4.78, 5) is 49.5. The van der Waals surface area contributed by atoms with Crippen molar-refractivity contribution in [3.63, 3.8) is 0 Å². The van der Waals surface area contributed by atoms with Crippen LogP contribution in [0, 0.1) is 0 Å². The Kier molecular flexibility index (Phi) is 7.52. The number of carbonyl (C=O) groups is 4. The van der Waals surface area contributed by atoms with Crippen LogP contribution in [0.2, 0.25) is 5.02 Å². The van der Waals surface area contributed by atoms with Gasteiger partial charge in [-0.1, -0.05) is 11.6 Å². The van der Waals surface area contributed by atoms with Crippen molar-refractivity contribution in [2.75, 3.05) is 23.4 Å². The van der Waals surface area contributed by atoms with Gasteiger partial charge in [0.25, 0.3) is 5.91 Å². The van der Waals surface area contributed by atoms with Crippen LogP contribution in [0.1, 0.15) is 24.8 Å². The first-order valence-electron chi connectivity index (χ1n) is 11.2. The van der Waals surface area contributed by atoms with Gasteiger partial charge in [-0.25, -0.2) is 9.69 Å². The molecule has 0 radical (unpaired) electrons. The van der Waals surface area contributed by atoms with E-state index in [0.717, 1.165) is 16.2 Å². The lowest BCUT2D eigenvalue weighted by Gasteiger charge is -2.18. The van der Waals surface area contributed by atoms with Crippen LogP contribution in [-0.4, -0.2) is 54.2 Å². The number of nitrogens with one attached hydrogen (secondary N) is 3. The van der Waals surface area contributed by atoms with Crippen LogP contribution in [0.3, 0.4) is 0 Å². The summed E-state index contributed by atoms with van der Waals surface area (Å²) >= 11 is 5.85. The molecule has 0 saturated carbocycles. The minimum Gasteiger partial charge on any atom is -0.491 e. The van der Waals surface area contributed by atoms with Gasteiger partial charge in [0.2, 0.25) is 11.8 Å². The fourth-order valence-corrected chi connectivity index (χ4v) is 3.98. The molecule has 5 amide bonds. The zero-order valence-corrected chi connectivity index (χ0v) is 19.5. The van der Waals surface area contributed by atoms with Crippen LogP contribution in [0.5, 0.6) is 5.75 Å². The van der Waals surface area contributed by atoms with Crippen molar-refractivity contribution in [2.45, 2.75) is 37.8 Å². The third-order valence-corrected chi connectivity index (χ3v) is 5.97. The zero-order valence-electron chi connectivity index (χ0n) is 18.8. The Balaban J connectivity index is 1.18. The highest BCUT2D eigenvalue weighted by molar-refractivity contribution is 6.30. The van der Waals surface area contributed by atoms with Gasteiger partial charge in [-0.3, -0.25) is 14.4 Å². The first-order chi connectivity index (χ1) is 16.8. The van der Waals surface area contributed by atoms with E-state index in [1.54, 1.807) is 36.4 Å². The quantitative estimate of drug-likeness (QED) is 0.389. The van der Waals surface area contributed by atoms with E-state index in [-0.39, 0.29) is 37.8 Å². The van der Waals surface area contributed by atoms with Gasteiger partial charge in [0, 0.05) is 30.1 Å². The van der Waals surface area contributed by atoms with Crippen molar-refractivity contribution < 1.29 is 29.0 Å². The number of halogens is 1. The standard InChI is InChI=1S/C24H25ClN4O6/c25-15-2-4-16(5-3-15)29-23(33)20(28-24(29)34)8-10-21(31)26-12-17(30)13-35-18-6-7-19-14(11-18)1-9-22(32)27-19/h2-7,11,17,20,30H,1,8-10,12-13H2,(H,26,31)(H,27,32)(H,28,34). The lowest BCUT2D eigenvalue weighted by atomic mass is 10.0. The second kappa shape index (κ2) is 10.7. The molecule has 2 aromatic rings. The third kappa shape index (κ3) is 6.09. The average Bonchev–Trinajstić information content (AvgIpc) is 3.13. The van der Waals surface area contributed by atoms with Crippen molar-refractivity contribution in [1.29, 1.82) is 0 Å². The summed E-state index contributed by atoms with van der Waals surface area (Å²) in [6, 6.07) is 10.2. The van der Waals surface area contributed by atoms with Gasteiger partial charge in [-0.05, 0) is 60.9 Å². The number of carbonyl (C=O) groups excluding carboxylic acids is 4. The molecular formula is C24H25ClN4O6. The number of anilines is 2. The number of hydrogen-bond acceptors (Lipinski definition) is 6. The number of aryl methyl sites for hydroxylation is 1. The first-order valence-corrected chi connectivity index (χ1v) is 11.6. The summed E-state index contributed by atoms with van der Waals surface area (Å²) in [6.45, 7) is -0.0552. The number of benzene rings is 2. The molecule has 4 N–H and O–H groups in total. The number of aliphatic hydroxyl groups excluding tert-OH is 1. The van der Waals surface area contributed by atoms with Crippen LogP contribution >= 0.6 is 11.6 Å². The lowest BCUT2D eigenvalue weighted by molar-refractivity contribution is -0.122. The minimum absolute atomic E-state index is 0.00470. The maximum atomic E-state index is 12.6. The normalized spacial score (nSPS) is 17.9. The zero-order chi connectivity index (χ0) is 24.9. The van der Waals surface area contributed by atoms with Gasteiger partial charge in [0.05, 0.1) is 5.69 Å². The molecule has 2 unspecified atom stereocenters.